The van der Waals surface area contributed by atoms with Gasteiger partial charge in [0, 0.05) is 12.4 Å². The van der Waals surface area contributed by atoms with Crippen LogP contribution in [0.4, 0.5) is 0 Å². The minimum atomic E-state index is -0.511. The lowest BCUT2D eigenvalue weighted by Crippen LogP contribution is -2.23. The highest BCUT2D eigenvalue weighted by Gasteiger charge is 2.41. The summed E-state index contributed by atoms with van der Waals surface area (Å²) in [6.07, 6.45) is 4.48. The van der Waals surface area contributed by atoms with Crippen LogP contribution in [-0.4, -0.2) is 19.6 Å². The second kappa shape index (κ2) is 4.94. The summed E-state index contributed by atoms with van der Waals surface area (Å²) < 4.78 is 1.81. The van der Waals surface area contributed by atoms with Gasteiger partial charge >= 0.3 is 5.69 Å². The maximum Gasteiger partial charge on any atom is 0.325 e. The van der Waals surface area contributed by atoms with Crippen molar-refractivity contribution in [3.05, 3.63) is 57.0 Å². The Morgan fingerprint density at radius 2 is 2.17 bits per heavy atom. The van der Waals surface area contributed by atoms with Crippen molar-refractivity contribution in [2.45, 2.75) is 26.2 Å². The Hall–Kier alpha value is -2.63. The van der Waals surface area contributed by atoms with Crippen molar-refractivity contribution in [2.75, 3.05) is 0 Å². The molecule has 0 amide bonds. The Kier molecular flexibility index (Phi) is 3.01. The summed E-state index contributed by atoms with van der Waals surface area (Å²) in [7, 11) is 0. The summed E-state index contributed by atoms with van der Waals surface area (Å²) in [5.41, 5.74) is 2.34. The van der Waals surface area contributed by atoms with Gasteiger partial charge in [-0.3, -0.25) is 9.78 Å². The van der Waals surface area contributed by atoms with Crippen LogP contribution in [-0.2, 0) is 0 Å². The lowest BCUT2D eigenvalue weighted by atomic mass is 10.0. The summed E-state index contributed by atoms with van der Waals surface area (Å²) in [6.45, 7) is 4.49. The molecule has 23 heavy (non-hydrogen) atoms. The van der Waals surface area contributed by atoms with E-state index in [4.69, 9.17) is 0 Å². The average molecular weight is 310 g/mol. The molecule has 4 rings (SSSR count). The van der Waals surface area contributed by atoms with Crippen molar-refractivity contribution >= 4 is 5.52 Å². The first-order valence-corrected chi connectivity index (χ1v) is 7.85. The zero-order valence-corrected chi connectivity index (χ0v) is 13.0. The van der Waals surface area contributed by atoms with Crippen LogP contribution in [0.1, 0.15) is 31.7 Å². The van der Waals surface area contributed by atoms with E-state index in [0.717, 1.165) is 5.52 Å². The third-order valence-corrected chi connectivity index (χ3v) is 4.72. The largest absolute Gasteiger partial charge is 0.325 e. The Morgan fingerprint density at radius 3 is 2.87 bits per heavy atom. The summed E-state index contributed by atoms with van der Waals surface area (Å²) in [5, 5.41) is 4.51. The first kappa shape index (κ1) is 14.0. The molecular formula is C17H18N4O2. The van der Waals surface area contributed by atoms with Crippen LogP contribution in [0.3, 0.4) is 0 Å². The van der Waals surface area contributed by atoms with Gasteiger partial charge < -0.3 is 4.98 Å². The standard InChI is InChI=1S/C17H18N4O2/c1-9(2)10-6-11(10)12-7-14(20-21-5-3-4-15(12)21)13-8-18-17(23)19-16(13)22/h3-5,7-11H,6H2,1-2H3,(H2,18,19,22,23)/t10-,11+/m1/s1. The van der Waals surface area contributed by atoms with E-state index in [1.807, 2.05) is 22.8 Å². The van der Waals surface area contributed by atoms with Gasteiger partial charge in [0.25, 0.3) is 5.56 Å². The second-order valence-corrected chi connectivity index (χ2v) is 6.56. The van der Waals surface area contributed by atoms with E-state index in [9.17, 15) is 9.59 Å². The number of hydrogen-bond acceptors (Lipinski definition) is 3. The molecule has 0 aliphatic heterocycles. The van der Waals surface area contributed by atoms with E-state index < -0.39 is 11.2 Å². The van der Waals surface area contributed by atoms with Crippen LogP contribution in [0.25, 0.3) is 16.8 Å². The fourth-order valence-corrected chi connectivity index (χ4v) is 3.39. The zero-order chi connectivity index (χ0) is 16.1. The van der Waals surface area contributed by atoms with Gasteiger partial charge in [0.15, 0.2) is 0 Å². The molecule has 0 bridgehead atoms. The molecule has 2 atom stereocenters. The molecule has 118 valence electrons. The van der Waals surface area contributed by atoms with Crippen molar-refractivity contribution in [1.29, 1.82) is 0 Å². The Morgan fingerprint density at radius 1 is 1.35 bits per heavy atom. The van der Waals surface area contributed by atoms with Gasteiger partial charge in [-0.25, -0.2) is 9.31 Å². The van der Waals surface area contributed by atoms with Crippen LogP contribution in [0.15, 0.2) is 40.2 Å². The Bertz CT molecular complexity index is 995. The van der Waals surface area contributed by atoms with E-state index in [0.29, 0.717) is 29.0 Å². The Labute approximate surface area is 132 Å². The predicted molar refractivity (Wildman–Crippen MR) is 87.6 cm³/mol. The molecule has 2 N–H and O–H groups in total. The number of aromatic amines is 2. The number of aromatic nitrogens is 4. The normalized spacial score (nSPS) is 20.3. The highest BCUT2D eigenvalue weighted by atomic mass is 16.2. The van der Waals surface area contributed by atoms with Crippen molar-refractivity contribution in [3.8, 4) is 11.3 Å². The second-order valence-electron chi connectivity index (χ2n) is 6.56. The van der Waals surface area contributed by atoms with Gasteiger partial charge in [0.1, 0.15) is 0 Å². The number of rotatable bonds is 3. The van der Waals surface area contributed by atoms with Gasteiger partial charge in [0.05, 0.1) is 16.8 Å². The number of nitrogens with zero attached hydrogens (tertiary/aromatic N) is 2. The maximum absolute atomic E-state index is 12.1. The Balaban J connectivity index is 1.89. The smallest absolute Gasteiger partial charge is 0.313 e. The average Bonchev–Trinajstić information content (AvgIpc) is 3.16. The van der Waals surface area contributed by atoms with Gasteiger partial charge in [-0.2, -0.15) is 5.10 Å². The molecule has 3 aromatic heterocycles. The number of hydrogen-bond donors (Lipinski definition) is 2. The first-order valence-electron chi connectivity index (χ1n) is 7.85. The summed E-state index contributed by atoms with van der Waals surface area (Å²) >= 11 is 0. The lowest BCUT2D eigenvalue weighted by Gasteiger charge is -2.09. The number of H-pyrrole nitrogens is 2. The topological polar surface area (TPSA) is 83.0 Å². The molecule has 3 heterocycles. The summed E-state index contributed by atoms with van der Waals surface area (Å²) in [6, 6.07) is 6.00. The van der Waals surface area contributed by atoms with Gasteiger partial charge in [-0.1, -0.05) is 13.8 Å². The fourth-order valence-electron chi connectivity index (χ4n) is 3.39. The molecule has 1 aliphatic carbocycles. The highest BCUT2D eigenvalue weighted by molar-refractivity contribution is 5.65. The molecule has 0 aromatic carbocycles. The molecule has 6 nitrogen and oxygen atoms in total. The van der Waals surface area contributed by atoms with E-state index in [1.54, 1.807) is 0 Å². The third kappa shape index (κ3) is 2.30. The molecule has 0 unspecified atom stereocenters. The molecule has 0 saturated heterocycles. The quantitative estimate of drug-likeness (QED) is 0.777. The first-order chi connectivity index (χ1) is 11.0. The highest BCUT2D eigenvalue weighted by Crippen LogP contribution is 2.53. The SMILES string of the molecule is CC(C)[C@H]1C[C@@H]1c1cc(-c2c[nH]c(=O)[nH]c2=O)nn2cccc12. The lowest BCUT2D eigenvalue weighted by molar-refractivity contribution is 0.549. The van der Waals surface area contributed by atoms with E-state index in [1.165, 1.54) is 18.2 Å². The zero-order valence-electron chi connectivity index (χ0n) is 13.0. The van der Waals surface area contributed by atoms with Crippen molar-refractivity contribution < 1.29 is 0 Å². The van der Waals surface area contributed by atoms with Gasteiger partial charge in [-0.05, 0) is 47.9 Å². The van der Waals surface area contributed by atoms with Crippen LogP contribution in [0, 0.1) is 11.8 Å². The van der Waals surface area contributed by atoms with E-state index in [-0.39, 0.29) is 0 Å². The molecule has 1 fully saturated rings. The van der Waals surface area contributed by atoms with Crippen LogP contribution >= 0.6 is 0 Å². The fraction of sp³-hybridized carbons (Fsp3) is 0.353. The van der Waals surface area contributed by atoms with Crippen molar-refractivity contribution in [1.82, 2.24) is 19.6 Å². The number of nitrogens with one attached hydrogen (secondary N) is 2. The molecule has 6 heteroatoms. The van der Waals surface area contributed by atoms with Crippen LogP contribution in [0.2, 0.25) is 0 Å². The molecule has 0 spiro atoms. The third-order valence-electron chi connectivity index (χ3n) is 4.72. The molecule has 0 radical (unpaired) electrons. The van der Waals surface area contributed by atoms with Crippen LogP contribution < -0.4 is 11.2 Å². The molecular weight excluding hydrogens is 292 g/mol. The van der Waals surface area contributed by atoms with Crippen LogP contribution in [0.5, 0.6) is 0 Å². The minimum Gasteiger partial charge on any atom is -0.313 e. The van der Waals surface area contributed by atoms with Gasteiger partial charge in [-0.15, -0.1) is 0 Å². The van der Waals surface area contributed by atoms with Gasteiger partial charge in [0.2, 0.25) is 0 Å². The molecule has 1 saturated carbocycles. The molecule has 3 aromatic rings. The minimum absolute atomic E-state index is 0.378. The summed E-state index contributed by atoms with van der Waals surface area (Å²) in [5.74, 6) is 1.83. The van der Waals surface area contributed by atoms with E-state index in [2.05, 4.69) is 35.0 Å². The van der Waals surface area contributed by atoms with Crippen molar-refractivity contribution in [3.63, 3.8) is 0 Å². The molecule has 1 aliphatic rings. The maximum atomic E-state index is 12.1. The number of fused-ring (bicyclic) bond motifs is 1. The van der Waals surface area contributed by atoms with Crippen molar-refractivity contribution in [2.24, 2.45) is 11.8 Å². The predicted octanol–water partition coefficient (Wildman–Crippen LogP) is 2.14. The summed E-state index contributed by atoms with van der Waals surface area (Å²) in [4.78, 5) is 28.0. The van der Waals surface area contributed by atoms with E-state index >= 15 is 0 Å². The monoisotopic (exact) mass is 310 g/mol.